The zero-order valence-corrected chi connectivity index (χ0v) is 19.3. The summed E-state index contributed by atoms with van der Waals surface area (Å²) in [5, 5.41) is 14.7. The van der Waals surface area contributed by atoms with Gasteiger partial charge in [0.15, 0.2) is 0 Å². The summed E-state index contributed by atoms with van der Waals surface area (Å²) in [5.74, 6) is 0.204. The molecular formula is C26H26F3N3O3. The van der Waals surface area contributed by atoms with Gasteiger partial charge >= 0.3 is 6.36 Å². The Hall–Kier alpha value is -3.32. The Kier molecular flexibility index (Phi) is 7.76. The third-order valence-electron chi connectivity index (χ3n) is 6.02. The van der Waals surface area contributed by atoms with Crippen LogP contribution in [0.15, 0.2) is 54.6 Å². The second-order valence-electron chi connectivity index (χ2n) is 8.21. The highest BCUT2D eigenvalue weighted by Crippen LogP contribution is 2.34. The molecule has 184 valence electrons. The van der Waals surface area contributed by atoms with E-state index in [-0.39, 0.29) is 25.0 Å². The maximum absolute atomic E-state index is 12.8. The average Bonchev–Trinajstić information content (AvgIpc) is 2.85. The van der Waals surface area contributed by atoms with Crippen molar-refractivity contribution in [2.75, 3.05) is 39.9 Å². The van der Waals surface area contributed by atoms with Crippen LogP contribution in [0.5, 0.6) is 11.5 Å². The van der Waals surface area contributed by atoms with E-state index in [1.165, 1.54) is 19.2 Å². The number of fused-ring (bicyclic) bond motifs is 1. The highest BCUT2D eigenvalue weighted by atomic mass is 19.4. The Morgan fingerprint density at radius 3 is 2.57 bits per heavy atom. The molecule has 1 heterocycles. The van der Waals surface area contributed by atoms with Gasteiger partial charge in [0.1, 0.15) is 17.6 Å². The molecule has 0 aromatic heterocycles. The largest absolute Gasteiger partial charge is 0.573 e. The summed E-state index contributed by atoms with van der Waals surface area (Å²) < 4.78 is 54.2. The number of hydrogen-bond donors (Lipinski definition) is 1. The van der Waals surface area contributed by atoms with Gasteiger partial charge < -0.3 is 19.5 Å². The molecule has 1 unspecified atom stereocenters. The van der Waals surface area contributed by atoms with E-state index in [0.717, 1.165) is 42.5 Å². The number of nitrogens with zero attached hydrogens (tertiary/aromatic N) is 2. The van der Waals surface area contributed by atoms with Crippen molar-refractivity contribution in [2.45, 2.75) is 19.0 Å². The van der Waals surface area contributed by atoms with Crippen LogP contribution in [-0.4, -0.2) is 51.2 Å². The highest BCUT2D eigenvalue weighted by molar-refractivity contribution is 5.89. The normalized spacial score (nSPS) is 15.5. The Bertz CT molecular complexity index is 1200. The number of rotatable bonds is 8. The lowest BCUT2D eigenvalue weighted by molar-refractivity contribution is -0.274. The summed E-state index contributed by atoms with van der Waals surface area (Å²) in [6.07, 6.45) is -4.76. The first-order valence-electron chi connectivity index (χ1n) is 11.3. The van der Waals surface area contributed by atoms with E-state index in [2.05, 4.69) is 21.0 Å². The van der Waals surface area contributed by atoms with Crippen molar-refractivity contribution in [3.63, 3.8) is 0 Å². The van der Waals surface area contributed by atoms with E-state index in [9.17, 15) is 18.4 Å². The fraction of sp³-hybridized carbons (Fsp3) is 0.346. The van der Waals surface area contributed by atoms with Gasteiger partial charge in [-0.1, -0.05) is 36.4 Å². The number of ether oxygens (including phenoxy) is 3. The Morgan fingerprint density at radius 2 is 1.86 bits per heavy atom. The molecule has 1 atom stereocenters. The number of benzene rings is 3. The van der Waals surface area contributed by atoms with E-state index in [1.54, 1.807) is 18.2 Å². The van der Waals surface area contributed by atoms with Crippen LogP contribution in [0.2, 0.25) is 0 Å². The van der Waals surface area contributed by atoms with Crippen LogP contribution in [0, 0.1) is 11.3 Å². The Labute approximate surface area is 201 Å². The number of nitrogens with one attached hydrogen (secondary N) is 1. The molecule has 4 rings (SSSR count). The van der Waals surface area contributed by atoms with E-state index in [4.69, 9.17) is 9.47 Å². The number of nitriles is 1. The van der Waals surface area contributed by atoms with Crippen molar-refractivity contribution in [1.82, 2.24) is 10.2 Å². The molecule has 0 saturated carbocycles. The molecule has 3 aromatic rings. The predicted molar refractivity (Wildman–Crippen MR) is 125 cm³/mol. The van der Waals surface area contributed by atoms with Crippen molar-refractivity contribution in [3.8, 4) is 17.6 Å². The number of hydrogen-bond acceptors (Lipinski definition) is 6. The molecule has 0 spiro atoms. The smallest absolute Gasteiger partial charge is 0.495 e. The number of alkyl halides is 3. The zero-order chi connectivity index (χ0) is 24.8. The second kappa shape index (κ2) is 11.0. The van der Waals surface area contributed by atoms with Crippen molar-refractivity contribution >= 4 is 10.8 Å². The van der Waals surface area contributed by atoms with E-state index < -0.39 is 6.36 Å². The quantitative estimate of drug-likeness (QED) is 0.495. The van der Waals surface area contributed by atoms with Crippen molar-refractivity contribution in [2.24, 2.45) is 0 Å². The third-order valence-corrected chi connectivity index (χ3v) is 6.02. The lowest BCUT2D eigenvalue weighted by Crippen LogP contribution is -2.46. The van der Waals surface area contributed by atoms with Gasteiger partial charge in [0, 0.05) is 31.7 Å². The van der Waals surface area contributed by atoms with Gasteiger partial charge in [-0.3, -0.25) is 4.90 Å². The Balaban J connectivity index is 1.60. The van der Waals surface area contributed by atoms with Gasteiger partial charge in [-0.2, -0.15) is 5.26 Å². The number of methoxy groups -OCH3 is 1. The van der Waals surface area contributed by atoms with Crippen LogP contribution in [-0.2, 0) is 11.3 Å². The summed E-state index contributed by atoms with van der Waals surface area (Å²) in [6, 6.07) is 17.4. The molecule has 0 bridgehead atoms. The molecule has 1 saturated heterocycles. The van der Waals surface area contributed by atoms with E-state index >= 15 is 0 Å². The highest BCUT2D eigenvalue weighted by Gasteiger charge is 2.32. The molecule has 3 aromatic carbocycles. The Morgan fingerprint density at radius 1 is 1.09 bits per heavy atom. The summed E-state index contributed by atoms with van der Waals surface area (Å²) >= 11 is 0. The monoisotopic (exact) mass is 485 g/mol. The first-order chi connectivity index (χ1) is 16.9. The summed E-state index contributed by atoms with van der Waals surface area (Å²) in [6.45, 7) is 3.43. The van der Waals surface area contributed by atoms with Gasteiger partial charge in [-0.15, -0.1) is 13.2 Å². The maximum atomic E-state index is 12.8. The van der Waals surface area contributed by atoms with Gasteiger partial charge in [-0.05, 0) is 34.5 Å². The second-order valence-corrected chi connectivity index (χ2v) is 8.21. The lowest BCUT2D eigenvalue weighted by Gasteiger charge is -2.35. The van der Waals surface area contributed by atoms with Crippen LogP contribution < -0.4 is 14.8 Å². The van der Waals surface area contributed by atoms with Gasteiger partial charge in [0.2, 0.25) is 0 Å². The molecular weight excluding hydrogens is 459 g/mol. The molecule has 6 nitrogen and oxygen atoms in total. The number of piperazine rings is 1. The minimum absolute atomic E-state index is 0.181. The topological polar surface area (TPSA) is 66.8 Å². The molecule has 0 radical (unpaired) electrons. The van der Waals surface area contributed by atoms with Crippen molar-refractivity contribution in [3.05, 3.63) is 71.3 Å². The first-order valence-corrected chi connectivity index (χ1v) is 11.3. The van der Waals surface area contributed by atoms with Gasteiger partial charge in [0.05, 0.1) is 31.9 Å². The summed E-state index contributed by atoms with van der Waals surface area (Å²) in [7, 11) is 1.52. The fourth-order valence-corrected chi connectivity index (χ4v) is 4.46. The van der Waals surface area contributed by atoms with Gasteiger partial charge in [-0.25, -0.2) is 0 Å². The standard InChI is InChI=1S/C26H26F3N3O3/c1-33-25-20(15-30)13-18-5-2-3-8-22(18)23(25)16-34-17-24(32-11-9-31-10-12-32)19-6-4-7-21(14-19)35-26(27,28)29/h2-8,13-14,24,31H,9-12,16-17H2,1H3. The summed E-state index contributed by atoms with van der Waals surface area (Å²) in [5.41, 5.74) is 1.85. The third kappa shape index (κ3) is 6.03. The predicted octanol–water partition coefficient (Wildman–Crippen LogP) is 4.78. The minimum Gasteiger partial charge on any atom is -0.495 e. The summed E-state index contributed by atoms with van der Waals surface area (Å²) in [4.78, 5) is 2.18. The van der Waals surface area contributed by atoms with Crippen molar-refractivity contribution < 1.29 is 27.4 Å². The van der Waals surface area contributed by atoms with Crippen LogP contribution >= 0.6 is 0 Å². The molecule has 1 N–H and O–H groups in total. The molecule has 9 heteroatoms. The zero-order valence-electron chi connectivity index (χ0n) is 19.3. The molecule has 35 heavy (non-hydrogen) atoms. The fourth-order valence-electron chi connectivity index (χ4n) is 4.46. The van der Waals surface area contributed by atoms with Crippen LogP contribution in [0.1, 0.15) is 22.7 Å². The minimum atomic E-state index is -4.76. The first kappa shape index (κ1) is 24.8. The maximum Gasteiger partial charge on any atom is 0.573 e. The van der Waals surface area contributed by atoms with E-state index in [1.807, 2.05) is 24.3 Å². The van der Waals surface area contributed by atoms with Gasteiger partial charge in [0.25, 0.3) is 0 Å². The lowest BCUT2D eigenvalue weighted by atomic mass is 10.00. The SMILES string of the molecule is COc1c(C#N)cc2ccccc2c1COCC(c1cccc(OC(F)(F)F)c1)N1CCNCC1. The average molecular weight is 486 g/mol. The number of halogens is 3. The molecule has 1 fully saturated rings. The molecule has 0 aliphatic carbocycles. The van der Waals surface area contributed by atoms with Crippen LogP contribution in [0.3, 0.4) is 0 Å². The van der Waals surface area contributed by atoms with Crippen LogP contribution in [0.4, 0.5) is 13.2 Å². The molecule has 1 aliphatic heterocycles. The van der Waals surface area contributed by atoms with Crippen LogP contribution in [0.25, 0.3) is 10.8 Å². The molecule has 1 aliphatic rings. The van der Waals surface area contributed by atoms with Crippen molar-refractivity contribution in [1.29, 1.82) is 5.26 Å². The molecule has 0 amide bonds. The van der Waals surface area contributed by atoms with E-state index in [0.29, 0.717) is 16.9 Å².